The first-order valence-corrected chi connectivity index (χ1v) is 13.8. The molecular weight excluding hydrogens is 527 g/mol. The number of carbonyl (C=O) groups is 2. The van der Waals surface area contributed by atoms with Crippen molar-refractivity contribution < 1.29 is 18.7 Å². The van der Waals surface area contributed by atoms with Gasteiger partial charge in [-0.1, -0.05) is 41.9 Å². The van der Waals surface area contributed by atoms with Crippen LogP contribution in [0.5, 0.6) is 0 Å². The highest BCUT2D eigenvalue weighted by Gasteiger charge is 2.35. The summed E-state index contributed by atoms with van der Waals surface area (Å²) in [5, 5.41) is 8.75. The van der Waals surface area contributed by atoms with E-state index in [-0.39, 0.29) is 30.6 Å². The van der Waals surface area contributed by atoms with Crippen LogP contribution in [0, 0.1) is 5.82 Å². The lowest BCUT2D eigenvalue weighted by molar-refractivity contribution is -0.133. The van der Waals surface area contributed by atoms with Crippen molar-refractivity contribution in [2.24, 2.45) is 5.10 Å². The second-order valence-corrected chi connectivity index (χ2v) is 10.6. The summed E-state index contributed by atoms with van der Waals surface area (Å²) in [6.07, 6.45) is 0.545. The number of hydrazone groups is 1. The van der Waals surface area contributed by atoms with E-state index < -0.39 is 11.7 Å². The molecule has 7 nitrogen and oxygen atoms in total. The van der Waals surface area contributed by atoms with E-state index in [0.717, 1.165) is 29.2 Å². The van der Waals surface area contributed by atoms with Gasteiger partial charge in [-0.05, 0) is 41.3 Å². The fourth-order valence-electron chi connectivity index (χ4n) is 4.66. The van der Waals surface area contributed by atoms with Gasteiger partial charge in [0, 0.05) is 37.6 Å². The highest BCUT2D eigenvalue weighted by atomic mass is 35.5. The van der Waals surface area contributed by atoms with Gasteiger partial charge >= 0.3 is 0 Å². The minimum Gasteiger partial charge on any atom is -0.379 e. The number of morpholine rings is 1. The lowest BCUT2D eigenvalue weighted by atomic mass is 10.0. The maximum Gasteiger partial charge on any atom is 0.262 e. The Morgan fingerprint density at radius 1 is 1.08 bits per heavy atom. The molecule has 0 aliphatic carbocycles. The van der Waals surface area contributed by atoms with Gasteiger partial charge in [-0.3, -0.25) is 14.5 Å². The van der Waals surface area contributed by atoms with Crippen molar-refractivity contribution in [2.75, 3.05) is 45.9 Å². The predicted octanol–water partition coefficient (Wildman–Crippen LogP) is 4.69. The van der Waals surface area contributed by atoms with E-state index in [4.69, 9.17) is 21.4 Å². The molecule has 0 bridgehead atoms. The number of amides is 2. The molecule has 0 saturated carbocycles. The molecule has 2 aliphatic heterocycles. The maximum atomic E-state index is 14.6. The van der Waals surface area contributed by atoms with Crippen molar-refractivity contribution in [1.82, 2.24) is 14.8 Å². The van der Waals surface area contributed by atoms with Crippen LogP contribution in [0.1, 0.15) is 33.3 Å². The molecule has 3 aromatic rings. The van der Waals surface area contributed by atoms with E-state index in [1.165, 1.54) is 28.1 Å². The second-order valence-electron chi connectivity index (χ2n) is 9.19. The molecular formula is C28H28ClFN4O3S. The molecule has 1 fully saturated rings. The Labute approximate surface area is 230 Å². The molecule has 2 aromatic carbocycles. The van der Waals surface area contributed by atoms with Gasteiger partial charge in [0.25, 0.3) is 11.8 Å². The summed E-state index contributed by atoms with van der Waals surface area (Å²) in [6, 6.07) is 16.8. The zero-order chi connectivity index (χ0) is 26.5. The van der Waals surface area contributed by atoms with Crippen molar-refractivity contribution >= 4 is 40.5 Å². The number of rotatable bonds is 8. The van der Waals surface area contributed by atoms with E-state index in [0.29, 0.717) is 31.2 Å². The maximum absolute atomic E-state index is 14.6. The largest absolute Gasteiger partial charge is 0.379 e. The standard InChI is InChI=1S/C28H28ClFN4O3S/c29-21-9-7-20(8-10-21)25-18-24(26-6-3-17-38-26)31-34(25)27(35)19-33(12-11-32-13-15-37-16-14-32)28(36)22-4-1-2-5-23(22)30/h1-10,17,25H,11-16,18-19H2/t25-/m0/s1. The predicted molar refractivity (Wildman–Crippen MR) is 146 cm³/mol. The van der Waals surface area contributed by atoms with Gasteiger partial charge in [-0.25, -0.2) is 9.40 Å². The van der Waals surface area contributed by atoms with Gasteiger partial charge in [0.2, 0.25) is 0 Å². The molecule has 3 heterocycles. The van der Waals surface area contributed by atoms with Crippen LogP contribution >= 0.6 is 22.9 Å². The lowest BCUT2D eigenvalue weighted by Gasteiger charge is -2.31. The molecule has 2 amide bonds. The Hall–Kier alpha value is -3.11. The molecule has 1 atom stereocenters. The summed E-state index contributed by atoms with van der Waals surface area (Å²) in [7, 11) is 0. The quantitative estimate of drug-likeness (QED) is 0.405. The van der Waals surface area contributed by atoms with E-state index >= 15 is 0 Å². The van der Waals surface area contributed by atoms with Crippen LogP contribution in [0.4, 0.5) is 4.39 Å². The van der Waals surface area contributed by atoms with Gasteiger partial charge in [-0.15, -0.1) is 11.3 Å². The summed E-state index contributed by atoms with van der Waals surface area (Å²) in [5.74, 6) is -1.46. The molecule has 38 heavy (non-hydrogen) atoms. The minimum atomic E-state index is -0.612. The summed E-state index contributed by atoms with van der Waals surface area (Å²) < 4.78 is 20.0. The molecule has 2 aliphatic rings. The summed E-state index contributed by atoms with van der Waals surface area (Å²) >= 11 is 7.67. The Morgan fingerprint density at radius 2 is 1.84 bits per heavy atom. The van der Waals surface area contributed by atoms with Crippen LogP contribution in [-0.2, 0) is 9.53 Å². The summed E-state index contributed by atoms with van der Waals surface area (Å²) in [6.45, 7) is 3.35. The van der Waals surface area contributed by atoms with E-state index in [1.807, 2.05) is 29.6 Å². The summed E-state index contributed by atoms with van der Waals surface area (Å²) in [5.41, 5.74) is 1.66. The first-order chi connectivity index (χ1) is 18.5. The number of hydrogen-bond donors (Lipinski definition) is 0. The number of halogens is 2. The van der Waals surface area contributed by atoms with Gasteiger partial charge in [0.15, 0.2) is 0 Å². The number of carbonyl (C=O) groups excluding carboxylic acids is 2. The highest BCUT2D eigenvalue weighted by Crippen LogP contribution is 2.34. The second kappa shape index (κ2) is 12.2. The minimum absolute atomic E-state index is 0.0549. The first kappa shape index (κ1) is 26.5. The van der Waals surface area contributed by atoms with Crippen molar-refractivity contribution in [3.05, 3.63) is 92.9 Å². The molecule has 0 N–H and O–H groups in total. The summed E-state index contributed by atoms with van der Waals surface area (Å²) in [4.78, 5) is 31.8. The number of hydrogen-bond acceptors (Lipinski definition) is 6. The van der Waals surface area contributed by atoms with Crippen LogP contribution in [-0.4, -0.2) is 78.3 Å². The number of nitrogens with zero attached hydrogens (tertiary/aromatic N) is 4. The smallest absolute Gasteiger partial charge is 0.262 e. The normalized spacial score (nSPS) is 17.9. The topological polar surface area (TPSA) is 65.5 Å². The van der Waals surface area contributed by atoms with Crippen molar-refractivity contribution in [1.29, 1.82) is 0 Å². The van der Waals surface area contributed by atoms with Crippen LogP contribution in [0.2, 0.25) is 5.02 Å². The lowest BCUT2D eigenvalue weighted by Crippen LogP contribution is -2.46. The fourth-order valence-corrected chi connectivity index (χ4v) is 5.50. The van der Waals surface area contributed by atoms with E-state index in [9.17, 15) is 14.0 Å². The van der Waals surface area contributed by atoms with Gasteiger partial charge in [0.1, 0.15) is 12.4 Å². The molecule has 0 radical (unpaired) electrons. The van der Waals surface area contributed by atoms with Crippen LogP contribution < -0.4 is 0 Å². The Balaban J connectivity index is 1.40. The third kappa shape index (κ3) is 6.13. The third-order valence-electron chi connectivity index (χ3n) is 6.73. The number of thiophene rings is 1. The molecule has 5 rings (SSSR count). The molecule has 198 valence electrons. The third-order valence-corrected chi connectivity index (χ3v) is 7.90. The van der Waals surface area contributed by atoms with Gasteiger partial charge < -0.3 is 9.64 Å². The van der Waals surface area contributed by atoms with Crippen molar-refractivity contribution in [3.8, 4) is 0 Å². The zero-order valence-electron chi connectivity index (χ0n) is 20.8. The molecule has 1 aromatic heterocycles. The molecule has 1 saturated heterocycles. The zero-order valence-corrected chi connectivity index (χ0v) is 22.3. The average Bonchev–Trinajstić information content (AvgIpc) is 3.63. The van der Waals surface area contributed by atoms with Gasteiger partial charge in [-0.2, -0.15) is 5.10 Å². The van der Waals surface area contributed by atoms with Crippen LogP contribution in [0.3, 0.4) is 0 Å². The number of ether oxygens (including phenoxy) is 1. The first-order valence-electron chi connectivity index (χ1n) is 12.5. The van der Waals surface area contributed by atoms with Crippen molar-refractivity contribution in [2.45, 2.75) is 12.5 Å². The van der Waals surface area contributed by atoms with E-state index in [2.05, 4.69) is 4.90 Å². The SMILES string of the molecule is O=C(c1ccccc1F)N(CCN1CCOCC1)CC(=O)N1N=C(c2cccs2)C[C@H]1c1ccc(Cl)cc1. The fraction of sp³-hybridized carbons (Fsp3) is 0.321. The van der Waals surface area contributed by atoms with Crippen molar-refractivity contribution in [3.63, 3.8) is 0 Å². The monoisotopic (exact) mass is 554 g/mol. The molecule has 10 heteroatoms. The molecule has 0 spiro atoms. The van der Waals surface area contributed by atoms with Gasteiger partial charge in [0.05, 0.1) is 35.4 Å². The van der Waals surface area contributed by atoms with Crippen LogP contribution in [0.25, 0.3) is 0 Å². The molecule has 0 unspecified atom stereocenters. The van der Waals surface area contributed by atoms with Crippen LogP contribution in [0.15, 0.2) is 71.1 Å². The van der Waals surface area contributed by atoms with E-state index in [1.54, 1.807) is 29.5 Å². The highest BCUT2D eigenvalue weighted by molar-refractivity contribution is 7.12. The Bertz CT molecular complexity index is 1300. The Kier molecular flexibility index (Phi) is 8.48. The Morgan fingerprint density at radius 3 is 2.55 bits per heavy atom. The number of benzene rings is 2. The average molecular weight is 555 g/mol.